The van der Waals surface area contributed by atoms with Crippen molar-refractivity contribution in [2.24, 2.45) is 5.92 Å². The van der Waals surface area contributed by atoms with Crippen molar-refractivity contribution < 1.29 is 4.79 Å². The van der Waals surface area contributed by atoms with Crippen LogP contribution in [0.1, 0.15) is 37.7 Å². The molecule has 0 bridgehead atoms. The lowest BCUT2D eigenvalue weighted by molar-refractivity contribution is -0.123. The van der Waals surface area contributed by atoms with Gasteiger partial charge in [-0.2, -0.15) is 0 Å². The van der Waals surface area contributed by atoms with Crippen LogP contribution in [0.4, 0.5) is 5.69 Å². The average molecular weight is 328 g/mol. The highest BCUT2D eigenvalue weighted by atomic mass is 35.5. The third-order valence-corrected chi connectivity index (χ3v) is 4.94. The molecule has 2 aromatic carbocycles. The summed E-state index contributed by atoms with van der Waals surface area (Å²) in [6.45, 7) is 0.527. The molecule has 0 unspecified atom stereocenters. The van der Waals surface area contributed by atoms with E-state index in [9.17, 15) is 4.79 Å². The second kappa shape index (κ2) is 7.65. The number of benzene rings is 2. The maximum atomic E-state index is 13.1. The highest BCUT2D eigenvalue weighted by Crippen LogP contribution is 2.29. The van der Waals surface area contributed by atoms with Gasteiger partial charge in [-0.05, 0) is 36.6 Å². The van der Waals surface area contributed by atoms with E-state index in [-0.39, 0.29) is 11.8 Å². The molecule has 1 fully saturated rings. The summed E-state index contributed by atoms with van der Waals surface area (Å²) in [5, 5.41) is 0.713. The Bertz CT molecular complexity index is 650. The zero-order chi connectivity index (χ0) is 16.1. The SMILES string of the molecule is O=C(C1CCCCC1)N(Cc1ccccc1Cl)c1ccccc1. The summed E-state index contributed by atoms with van der Waals surface area (Å²) in [6.07, 6.45) is 5.57. The average Bonchev–Trinajstić information content (AvgIpc) is 2.62. The number of rotatable bonds is 4. The smallest absolute Gasteiger partial charge is 0.230 e. The molecule has 3 heteroatoms. The Morgan fingerprint density at radius 3 is 2.30 bits per heavy atom. The maximum Gasteiger partial charge on any atom is 0.230 e. The van der Waals surface area contributed by atoms with Crippen molar-refractivity contribution in [2.75, 3.05) is 4.90 Å². The van der Waals surface area contributed by atoms with Crippen molar-refractivity contribution in [3.63, 3.8) is 0 Å². The molecule has 1 aliphatic rings. The van der Waals surface area contributed by atoms with E-state index in [0.717, 1.165) is 36.9 Å². The van der Waals surface area contributed by atoms with Gasteiger partial charge < -0.3 is 4.90 Å². The van der Waals surface area contributed by atoms with E-state index in [1.54, 1.807) is 0 Å². The molecule has 2 nitrogen and oxygen atoms in total. The molecule has 0 aromatic heterocycles. The molecule has 3 rings (SSSR count). The van der Waals surface area contributed by atoms with Crippen molar-refractivity contribution in [2.45, 2.75) is 38.6 Å². The van der Waals surface area contributed by atoms with E-state index in [1.807, 2.05) is 59.5 Å². The van der Waals surface area contributed by atoms with Gasteiger partial charge in [-0.1, -0.05) is 67.3 Å². The van der Waals surface area contributed by atoms with Crippen LogP contribution in [0.15, 0.2) is 54.6 Å². The van der Waals surface area contributed by atoms with Gasteiger partial charge in [-0.15, -0.1) is 0 Å². The van der Waals surface area contributed by atoms with E-state index in [4.69, 9.17) is 11.6 Å². The maximum absolute atomic E-state index is 13.1. The molecule has 2 aromatic rings. The van der Waals surface area contributed by atoms with Gasteiger partial charge in [0.15, 0.2) is 0 Å². The van der Waals surface area contributed by atoms with Crippen LogP contribution in [-0.4, -0.2) is 5.91 Å². The largest absolute Gasteiger partial charge is 0.308 e. The minimum absolute atomic E-state index is 0.145. The number of carbonyl (C=O) groups excluding carboxylic acids is 1. The van der Waals surface area contributed by atoms with Gasteiger partial charge in [0.25, 0.3) is 0 Å². The molecular formula is C20H22ClNO. The molecule has 120 valence electrons. The van der Waals surface area contributed by atoms with Crippen molar-refractivity contribution in [1.29, 1.82) is 0 Å². The summed E-state index contributed by atoms with van der Waals surface area (Å²) in [6, 6.07) is 17.7. The van der Waals surface area contributed by atoms with E-state index in [1.165, 1.54) is 6.42 Å². The molecule has 23 heavy (non-hydrogen) atoms. The van der Waals surface area contributed by atoms with Gasteiger partial charge in [-0.3, -0.25) is 4.79 Å². The molecule has 0 aliphatic heterocycles. The predicted molar refractivity (Wildman–Crippen MR) is 95.7 cm³/mol. The molecule has 1 amide bonds. The summed E-state index contributed by atoms with van der Waals surface area (Å²) in [4.78, 5) is 15.0. The number of hydrogen-bond acceptors (Lipinski definition) is 1. The normalized spacial score (nSPS) is 15.3. The van der Waals surface area contributed by atoms with E-state index >= 15 is 0 Å². The number of para-hydroxylation sites is 1. The number of hydrogen-bond donors (Lipinski definition) is 0. The van der Waals surface area contributed by atoms with Crippen molar-refractivity contribution in [3.05, 3.63) is 65.2 Å². The van der Waals surface area contributed by atoms with Gasteiger partial charge >= 0.3 is 0 Å². The molecule has 0 radical (unpaired) electrons. The molecule has 0 heterocycles. The second-order valence-electron chi connectivity index (χ2n) is 6.19. The van der Waals surface area contributed by atoms with Gasteiger partial charge in [-0.25, -0.2) is 0 Å². The minimum atomic E-state index is 0.145. The molecule has 1 aliphatic carbocycles. The van der Waals surface area contributed by atoms with E-state index < -0.39 is 0 Å². The third-order valence-electron chi connectivity index (χ3n) is 4.57. The first-order chi connectivity index (χ1) is 11.3. The van der Waals surface area contributed by atoms with E-state index in [0.29, 0.717) is 11.6 Å². The molecule has 1 saturated carbocycles. The zero-order valence-corrected chi connectivity index (χ0v) is 14.0. The molecule has 0 N–H and O–H groups in total. The van der Waals surface area contributed by atoms with Gasteiger partial charge in [0.05, 0.1) is 6.54 Å². The number of halogens is 1. The lowest BCUT2D eigenvalue weighted by Gasteiger charge is -2.30. The van der Waals surface area contributed by atoms with Crippen LogP contribution in [0, 0.1) is 5.92 Å². The predicted octanol–water partition coefficient (Wildman–Crippen LogP) is 5.45. The fourth-order valence-electron chi connectivity index (χ4n) is 3.27. The van der Waals surface area contributed by atoms with Crippen LogP contribution in [0.3, 0.4) is 0 Å². The number of amides is 1. The highest BCUT2D eigenvalue weighted by Gasteiger charge is 2.27. The lowest BCUT2D eigenvalue weighted by atomic mass is 9.88. The first-order valence-corrected chi connectivity index (χ1v) is 8.73. The Labute approximate surface area is 143 Å². The van der Waals surface area contributed by atoms with Crippen LogP contribution in [0.5, 0.6) is 0 Å². The first-order valence-electron chi connectivity index (χ1n) is 8.35. The van der Waals surface area contributed by atoms with E-state index in [2.05, 4.69) is 0 Å². The Morgan fingerprint density at radius 1 is 0.957 bits per heavy atom. The van der Waals surface area contributed by atoms with Crippen LogP contribution < -0.4 is 4.90 Å². The molecule has 0 spiro atoms. The Balaban J connectivity index is 1.87. The Morgan fingerprint density at radius 2 is 1.61 bits per heavy atom. The number of anilines is 1. The number of nitrogens with zero attached hydrogens (tertiary/aromatic N) is 1. The summed E-state index contributed by atoms with van der Waals surface area (Å²) < 4.78 is 0. The zero-order valence-electron chi connectivity index (χ0n) is 13.2. The lowest BCUT2D eigenvalue weighted by Crippen LogP contribution is -2.36. The third kappa shape index (κ3) is 3.94. The standard InChI is InChI=1S/C20H22ClNO/c21-19-14-8-7-11-17(19)15-22(18-12-5-2-6-13-18)20(23)16-9-3-1-4-10-16/h2,5-8,11-14,16H,1,3-4,9-10,15H2. The van der Waals surface area contributed by atoms with Crippen LogP contribution in [-0.2, 0) is 11.3 Å². The summed E-state index contributed by atoms with van der Waals surface area (Å²) in [5.41, 5.74) is 1.94. The summed E-state index contributed by atoms with van der Waals surface area (Å²) >= 11 is 6.31. The monoisotopic (exact) mass is 327 g/mol. The molecule has 0 atom stereocenters. The quantitative estimate of drug-likeness (QED) is 0.730. The van der Waals surface area contributed by atoms with Crippen molar-refractivity contribution in [3.8, 4) is 0 Å². The molecular weight excluding hydrogens is 306 g/mol. The number of carbonyl (C=O) groups is 1. The second-order valence-corrected chi connectivity index (χ2v) is 6.59. The fraction of sp³-hybridized carbons (Fsp3) is 0.350. The topological polar surface area (TPSA) is 20.3 Å². The minimum Gasteiger partial charge on any atom is -0.308 e. The van der Waals surface area contributed by atoms with Gasteiger partial charge in [0, 0.05) is 16.6 Å². The first kappa shape index (κ1) is 16.1. The van der Waals surface area contributed by atoms with Crippen LogP contribution >= 0.6 is 11.6 Å². The van der Waals surface area contributed by atoms with Crippen molar-refractivity contribution in [1.82, 2.24) is 0 Å². The van der Waals surface area contributed by atoms with Gasteiger partial charge in [0.2, 0.25) is 5.91 Å². The van der Waals surface area contributed by atoms with Crippen molar-refractivity contribution >= 4 is 23.2 Å². The molecule has 0 saturated heterocycles. The highest BCUT2D eigenvalue weighted by molar-refractivity contribution is 6.31. The van der Waals surface area contributed by atoms with Crippen LogP contribution in [0.2, 0.25) is 5.02 Å². The van der Waals surface area contributed by atoms with Crippen LogP contribution in [0.25, 0.3) is 0 Å². The summed E-state index contributed by atoms with van der Waals surface area (Å²) in [5.74, 6) is 0.377. The Kier molecular flexibility index (Phi) is 5.35. The Hall–Kier alpha value is -1.80. The summed E-state index contributed by atoms with van der Waals surface area (Å²) in [7, 11) is 0. The van der Waals surface area contributed by atoms with Gasteiger partial charge in [0.1, 0.15) is 0 Å². The fourth-order valence-corrected chi connectivity index (χ4v) is 3.47.